The third kappa shape index (κ3) is 2.69. The fourth-order valence-electron chi connectivity index (χ4n) is 1.84. The fourth-order valence-corrected chi connectivity index (χ4v) is 1.84. The Morgan fingerprint density at radius 3 is 3.05 bits per heavy atom. The first-order valence-electron chi connectivity index (χ1n) is 5.61. The molecule has 1 aromatic rings. The highest BCUT2D eigenvalue weighted by Crippen LogP contribution is 2.13. The Hall–Kier alpha value is -2.46. The molecule has 1 aromatic heterocycles. The predicted molar refractivity (Wildman–Crippen MR) is 62.2 cm³/mol. The maximum Gasteiger partial charge on any atom is 0.328 e. The third-order valence-electron chi connectivity index (χ3n) is 2.80. The van der Waals surface area contributed by atoms with Crippen LogP contribution in [0.5, 0.6) is 0 Å². The smallest absolute Gasteiger partial charge is 0.328 e. The third-order valence-corrected chi connectivity index (χ3v) is 2.80. The molecule has 1 unspecified atom stereocenters. The molecule has 98 valence electrons. The Bertz CT molecular complexity index is 552. The number of rotatable bonds is 2. The molecule has 0 aromatic carbocycles. The number of ether oxygens (including phenoxy) is 1. The monoisotopic (exact) mass is 261 g/mol. The summed E-state index contributed by atoms with van der Waals surface area (Å²) >= 11 is 0. The molecule has 1 amide bonds. The lowest BCUT2D eigenvalue weighted by Gasteiger charge is -2.32. The highest BCUT2D eigenvalue weighted by Gasteiger charge is 2.33. The van der Waals surface area contributed by atoms with Crippen molar-refractivity contribution in [2.45, 2.75) is 6.04 Å². The number of pyridine rings is 1. The Kier molecular flexibility index (Phi) is 3.73. The number of hydrogen-bond donors (Lipinski definition) is 1. The number of carboxylic acids is 1. The molecule has 19 heavy (non-hydrogen) atoms. The van der Waals surface area contributed by atoms with Crippen LogP contribution in [0.3, 0.4) is 0 Å². The predicted octanol–water partition coefficient (Wildman–Crippen LogP) is -0.121. The van der Waals surface area contributed by atoms with Gasteiger partial charge in [-0.1, -0.05) is 0 Å². The molecule has 1 atom stereocenters. The van der Waals surface area contributed by atoms with Crippen molar-refractivity contribution in [3.63, 3.8) is 0 Å². The van der Waals surface area contributed by atoms with Crippen LogP contribution in [-0.2, 0) is 9.53 Å². The summed E-state index contributed by atoms with van der Waals surface area (Å²) in [7, 11) is 0. The molecule has 1 aliphatic heterocycles. The minimum Gasteiger partial charge on any atom is -0.480 e. The topological polar surface area (TPSA) is 104 Å². The number of aromatic nitrogens is 1. The maximum absolute atomic E-state index is 12.3. The Labute approximate surface area is 109 Å². The first kappa shape index (κ1) is 13.0. The van der Waals surface area contributed by atoms with Gasteiger partial charge in [0, 0.05) is 18.3 Å². The highest BCUT2D eigenvalue weighted by atomic mass is 16.5. The summed E-state index contributed by atoms with van der Waals surface area (Å²) in [6.45, 7) is 0.475. The van der Waals surface area contributed by atoms with Crippen molar-refractivity contribution in [2.75, 3.05) is 19.8 Å². The quantitative estimate of drug-likeness (QED) is 0.795. The molecule has 1 saturated heterocycles. The van der Waals surface area contributed by atoms with E-state index in [4.69, 9.17) is 15.1 Å². The highest BCUT2D eigenvalue weighted by molar-refractivity contribution is 5.96. The van der Waals surface area contributed by atoms with E-state index >= 15 is 0 Å². The fraction of sp³-hybridized carbons (Fsp3) is 0.333. The standard InChI is InChI=1S/C12H11N3O4/c13-6-9-5-8(1-2-14-9)11(16)15-3-4-19-7-10(15)12(17)18/h1-2,5,10H,3-4,7H2,(H,17,18). The zero-order valence-electron chi connectivity index (χ0n) is 9.94. The van der Waals surface area contributed by atoms with Gasteiger partial charge in [0.05, 0.1) is 13.2 Å². The second kappa shape index (κ2) is 5.46. The summed E-state index contributed by atoms with van der Waals surface area (Å²) < 4.78 is 5.07. The number of carbonyl (C=O) groups is 2. The largest absolute Gasteiger partial charge is 0.480 e. The van der Waals surface area contributed by atoms with Gasteiger partial charge in [0.2, 0.25) is 0 Å². The van der Waals surface area contributed by atoms with Gasteiger partial charge in [-0.25, -0.2) is 9.78 Å². The van der Waals surface area contributed by atoms with Gasteiger partial charge >= 0.3 is 5.97 Å². The maximum atomic E-state index is 12.3. The molecule has 7 heteroatoms. The van der Waals surface area contributed by atoms with E-state index in [0.29, 0.717) is 6.61 Å². The van der Waals surface area contributed by atoms with Crippen molar-refractivity contribution in [1.82, 2.24) is 9.88 Å². The summed E-state index contributed by atoms with van der Waals surface area (Å²) in [5.74, 6) is -1.54. The second-order valence-electron chi connectivity index (χ2n) is 3.97. The molecule has 1 fully saturated rings. The molecular formula is C12H11N3O4. The van der Waals surface area contributed by atoms with Gasteiger partial charge in [0.1, 0.15) is 11.8 Å². The molecule has 1 aliphatic rings. The van der Waals surface area contributed by atoms with E-state index < -0.39 is 17.9 Å². The number of carbonyl (C=O) groups excluding carboxylic acids is 1. The van der Waals surface area contributed by atoms with Crippen molar-refractivity contribution in [2.24, 2.45) is 0 Å². The van der Waals surface area contributed by atoms with Gasteiger partial charge in [-0.2, -0.15) is 5.26 Å². The van der Waals surface area contributed by atoms with Crippen LogP contribution in [0.25, 0.3) is 0 Å². The van der Waals surface area contributed by atoms with Crippen LogP contribution >= 0.6 is 0 Å². The normalized spacial score (nSPS) is 18.7. The van der Waals surface area contributed by atoms with Gasteiger partial charge in [0.25, 0.3) is 5.91 Å². The van der Waals surface area contributed by atoms with Gasteiger partial charge in [-0.15, -0.1) is 0 Å². The van der Waals surface area contributed by atoms with Crippen LogP contribution < -0.4 is 0 Å². The van der Waals surface area contributed by atoms with E-state index in [1.165, 1.54) is 23.2 Å². The average Bonchev–Trinajstić information content (AvgIpc) is 2.46. The molecule has 0 radical (unpaired) electrons. The van der Waals surface area contributed by atoms with Crippen LogP contribution in [0.4, 0.5) is 0 Å². The second-order valence-corrected chi connectivity index (χ2v) is 3.97. The summed E-state index contributed by atoms with van der Waals surface area (Å²) in [5, 5.41) is 17.8. The van der Waals surface area contributed by atoms with Gasteiger partial charge < -0.3 is 14.7 Å². The molecular weight excluding hydrogens is 250 g/mol. The number of carboxylic acid groups (broad SMARTS) is 1. The van der Waals surface area contributed by atoms with Crippen LogP contribution in [0.2, 0.25) is 0 Å². The number of aliphatic carboxylic acids is 1. The van der Waals surface area contributed by atoms with Crippen LogP contribution in [-0.4, -0.2) is 52.7 Å². The molecule has 7 nitrogen and oxygen atoms in total. The lowest BCUT2D eigenvalue weighted by molar-refractivity contribution is -0.147. The van der Waals surface area contributed by atoms with Crippen molar-refractivity contribution in [3.8, 4) is 6.07 Å². The van der Waals surface area contributed by atoms with Gasteiger partial charge in [-0.05, 0) is 12.1 Å². The minimum absolute atomic E-state index is 0.0305. The minimum atomic E-state index is -1.11. The zero-order valence-corrected chi connectivity index (χ0v) is 9.94. The summed E-state index contributed by atoms with van der Waals surface area (Å²) in [5.41, 5.74) is 0.366. The van der Waals surface area contributed by atoms with Crippen LogP contribution in [0.15, 0.2) is 18.3 Å². The molecule has 2 heterocycles. The summed E-state index contributed by atoms with van der Waals surface area (Å²) in [6.07, 6.45) is 1.35. The molecule has 0 saturated carbocycles. The van der Waals surface area contributed by atoms with Gasteiger partial charge in [-0.3, -0.25) is 4.79 Å². The van der Waals surface area contributed by atoms with E-state index in [2.05, 4.69) is 4.98 Å². The van der Waals surface area contributed by atoms with Crippen LogP contribution in [0.1, 0.15) is 16.1 Å². The number of amides is 1. The number of nitriles is 1. The lowest BCUT2D eigenvalue weighted by atomic mass is 10.1. The summed E-state index contributed by atoms with van der Waals surface area (Å²) in [6, 6.07) is 3.64. The summed E-state index contributed by atoms with van der Waals surface area (Å²) in [4.78, 5) is 28.3. The number of hydrogen-bond acceptors (Lipinski definition) is 5. The molecule has 2 rings (SSSR count). The van der Waals surface area contributed by atoms with Crippen LogP contribution in [0, 0.1) is 11.3 Å². The van der Waals surface area contributed by atoms with E-state index in [1.54, 1.807) is 0 Å². The van der Waals surface area contributed by atoms with E-state index in [1.807, 2.05) is 6.07 Å². The Morgan fingerprint density at radius 2 is 2.37 bits per heavy atom. The first-order chi connectivity index (χ1) is 9.13. The Balaban J connectivity index is 2.26. The lowest BCUT2D eigenvalue weighted by Crippen LogP contribution is -2.52. The van der Waals surface area contributed by atoms with E-state index in [0.717, 1.165) is 0 Å². The van der Waals surface area contributed by atoms with Crippen molar-refractivity contribution in [1.29, 1.82) is 5.26 Å². The number of morpholine rings is 1. The first-order valence-corrected chi connectivity index (χ1v) is 5.61. The van der Waals surface area contributed by atoms with Crippen molar-refractivity contribution >= 4 is 11.9 Å². The molecule has 0 aliphatic carbocycles. The van der Waals surface area contributed by atoms with E-state index in [-0.39, 0.29) is 24.4 Å². The zero-order chi connectivity index (χ0) is 13.8. The Morgan fingerprint density at radius 1 is 1.58 bits per heavy atom. The van der Waals surface area contributed by atoms with E-state index in [9.17, 15) is 9.59 Å². The molecule has 0 spiro atoms. The SMILES string of the molecule is N#Cc1cc(C(=O)N2CCOCC2C(=O)O)ccn1. The van der Waals surface area contributed by atoms with Crippen molar-refractivity contribution < 1.29 is 19.4 Å². The van der Waals surface area contributed by atoms with Crippen molar-refractivity contribution in [3.05, 3.63) is 29.6 Å². The number of nitrogens with zero attached hydrogens (tertiary/aromatic N) is 3. The van der Waals surface area contributed by atoms with Gasteiger partial charge in [0.15, 0.2) is 6.04 Å². The average molecular weight is 261 g/mol. The molecule has 1 N–H and O–H groups in total. The molecule has 0 bridgehead atoms.